The summed E-state index contributed by atoms with van der Waals surface area (Å²) in [4.78, 5) is 0. The molecule has 1 unspecified atom stereocenters. The van der Waals surface area contributed by atoms with Gasteiger partial charge in [-0.1, -0.05) is 35.9 Å². The number of hydrogen-bond acceptors (Lipinski definition) is 2. The maximum absolute atomic E-state index is 12.3. The highest BCUT2D eigenvalue weighted by atomic mass is 35.5. The van der Waals surface area contributed by atoms with Gasteiger partial charge in [0.2, 0.25) is 0 Å². The first kappa shape index (κ1) is 14.8. The second kappa shape index (κ2) is 6.68. The van der Waals surface area contributed by atoms with Crippen molar-refractivity contribution in [1.29, 1.82) is 0 Å². The highest BCUT2D eigenvalue weighted by Crippen LogP contribution is 2.27. The van der Waals surface area contributed by atoms with Crippen molar-refractivity contribution in [2.24, 2.45) is 0 Å². The molecule has 0 fully saturated rings. The number of alkyl halides is 2. The van der Waals surface area contributed by atoms with Crippen LogP contribution in [0.25, 0.3) is 0 Å². The average Bonchev–Trinajstić information content (AvgIpc) is 2.39. The minimum atomic E-state index is -2.83. The molecule has 0 saturated heterocycles. The minimum absolute atomic E-state index is 0.139. The van der Waals surface area contributed by atoms with Gasteiger partial charge in [-0.3, -0.25) is 0 Å². The lowest BCUT2D eigenvalue weighted by Gasteiger charge is -2.18. The Hall–Kier alpha value is -1.65. The molecule has 2 rings (SSSR count). The van der Waals surface area contributed by atoms with E-state index in [-0.39, 0.29) is 11.8 Å². The van der Waals surface area contributed by atoms with Crippen LogP contribution in [0.4, 0.5) is 8.78 Å². The van der Waals surface area contributed by atoms with Crippen molar-refractivity contribution >= 4 is 11.6 Å². The summed E-state index contributed by atoms with van der Waals surface area (Å²) >= 11 is 5.98. The lowest BCUT2D eigenvalue weighted by molar-refractivity contribution is -0.0498. The van der Waals surface area contributed by atoms with Crippen LogP contribution in [0.1, 0.15) is 17.2 Å². The lowest BCUT2D eigenvalue weighted by atomic mass is 9.99. The molecule has 0 radical (unpaired) electrons. The Balaban J connectivity index is 2.32. The van der Waals surface area contributed by atoms with Gasteiger partial charge < -0.3 is 10.1 Å². The van der Waals surface area contributed by atoms with Crippen molar-refractivity contribution in [2.75, 3.05) is 7.05 Å². The summed E-state index contributed by atoms with van der Waals surface area (Å²) in [7, 11) is 1.80. The highest BCUT2D eigenvalue weighted by molar-refractivity contribution is 6.30. The molecule has 5 heteroatoms. The molecule has 1 atom stereocenters. The van der Waals surface area contributed by atoms with Gasteiger partial charge in [-0.15, -0.1) is 0 Å². The Morgan fingerprint density at radius 1 is 1.05 bits per heavy atom. The average molecular weight is 298 g/mol. The van der Waals surface area contributed by atoms with Crippen LogP contribution in [-0.2, 0) is 0 Å². The molecule has 0 spiro atoms. The Labute approximate surface area is 121 Å². The van der Waals surface area contributed by atoms with Crippen molar-refractivity contribution in [3.05, 3.63) is 64.7 Å². The fourth-order valence-corrected chi connectivity index (χ4v) is 2.28. The van der Waals surface area contributed by atoms with E-state index < -0.39 is 6.61 Å². The Morgan fingerprint density at radius 3 is 2.30 bits per heavy atom. The van der Waals surface area contributed by atoms with Crippen molar-refractivity contribution < 1.29 is 13.5 Å². The van der Waals surface area contributed by atoms with Crippen LogP contribution in [0.15, 0.2) is 48.5 Å². The molecule has 20 heavy (non-hydrogen) atoms. The Bertz CT molecular complexity index is 577. The first-order valence-corrected chi connectivity index (χ1v) is 6.45. The van der Waals surface area contributed by atoms with Gasteiger partial charge in [-0.2, -0.15) is 8.78 Å². The molecule has 2 aromatic rings. The summed E-state index contributed by atoms with van der Waals surface area (Å²) in [5, 5.41) is 3.77. The molecule has 0 saturated carbocycles. The topological polar surface area (TPSA) is 21.3 Å². The van der Waals surface area contributed by atoms with Crippen molar-refractivity contribution in [3.8, 4) is 5.75 Å². The van der Waals surface area contributed by atoms with Gasteiger partial charge in [-0.25, -0.2) is 0 Å². The molecule has 1 N–H and O–H groups in total. The van der Waals surface area contributed by atoms with Gasteiger partial charge in [-0.05, 0) is 42.4 Å². The van der Waals surface area contributed by atoms with E-state index in [0.29, 0.717) is 5.02 Å². The van der Waals surface area contributed by atoms with Crippen LogP contribution in [0.2, 0.25) is 5.02 Å². The summed E-state index contributed by atoms with van der Waals surface area (Å²) in [5.74, 6) is 0.139. The Kier molecular flexibility index (Phi) is 4.93. The van der Waals surface area contributed by atoms with Crippen LogP contribution in [0, 0.1) is 0 Å². The number of benzene rings is 2. The van der Waals surface area contributed by atoms with E-state index in [4.69, 9.17) is 11.6 Å². The lowest BCUT2D eigenvalue weighted by Crippen LogP contribution is -2.17. The molecule has 0 heterocycles. The predicted molar refractivity (Wildman–Crippen MR) is 75.4 cm³/mol. The van der Waals surface area contributed by atoms with Crippen LogP contribution < -0.4 is 10.1 Å². The quantitative estimate of drug-likeness (QED) is 0.891. The van der Waals surface area contributed by atoms with E-state index >= 15 is 0 Å². The number of ether oxygens (including phenoxy) is 1. The summed E-state index contributed by atoms with van der Waals surface area (Å²) < 4.78 is 28.9. The molecule has 0 aliphatic carbocycles. The molecular weight excluding hydrogens is 284 g/mol. The first-order valence-electron chi connectivity index (χ1n) is 6.07. The molecule has 0 bridgehead atoms. The molecule has 106 valence electrons. The SMILES string of the molecule is CNC(c1cccc(Cl)c1)c1cccc(OC(F)F)c1. The number of halogens is 3. The molecule has 0 amide bonds. The monoisotopic (exact) mass is 297 g/mol. The van der Waals surface area contributed by atoms with Gasteiger partial charge in [0.15, 0.2) is 0 Å². The van der Waals surface area contributed by atoms with Gasteiger partial charge in [0, 0.05) is 5.02 Å². The fraction of sp³-hybridized carbons (Fsp3) is 0.200. The van der Waals surface area contributed by atoms with Crippen LogP contribution in [0.5, 0.6) is 5.75 Å². The van der Waals surface area contributed by atoms with Crippen molar-refractivity contribution in [2.45, 2.75) is 12.7 Å². The van der Waals surface area contributed by atoms with Gasteiger partial charge >= 0.3 is 6.61 Å². The predicted octanol–water partition coefficient (Wildman–Crippen LogP) is 4.25. The van der Waals surface area contributed by atoms with E-state index in [0.717, 1.165) is 11.1 Å². The summed E-state index contributed by atoms with van der Waals surface area (Å²) in [6, 6.07) is 13.9. The standard InChI is InChI=1S/C15H14ClF2NO/c1-19-14(10-4-2-6-12(16)8-10)11-5-3-7-13(9-11)20-15(17)18/h2-9,14-15,19H,1H3. The normalized spacial score (nSPS) is 12.4. The number of rotatable bonds is 5. The van der Waals surface area contributed by atoms with Crippen molar-refractivity contribution in [1.82, 2.24) is 5.32 Å². The zero-order chi connectivity index (χ0) is 14.5. The Morgan fingerprint density at radius 2 is 1.70 bits per heavy atom. The third kappa shape index (κ3) is 3.68. The van der Waals surface area contributed by atoms with E-state index in [9.17, 15) is 8.78 Å². The third-order valence-electron chi connectivity index (χ3n) is 2.89. The van der Waals surface area contributed by atoms with E-state index in [1.807, 2.05) is 24.3 Å². The van der Waals surface area contributed by atoms with E-state index in [2.05, 4.69) is 10.1 Å². The van der Waals surface area contributed by atoms with Crippen LogP contribution >= 0.6 is 11.6 Å². The molecular formula is C15H14ClF2NO. The number of nitrogens with one attached hydrogen (secondary N) is 1. The summed E-state index contributed by atoms with van der Waals surface area (Å²) in [5.41, 5.74) is 1.78. The molecule has 2 nitrogen and oxygen atoms in total. The molecule has 0 aromatic heterocycles. The molecule has 0 aliphatic heterocycles. The molecule has 0 aliphatic rings. The second-order valence-electron chi connectivity index (χ2n) is 4.23. The second-order valence-corrected chi connectivity index (χ2v) is 4.66. The van der Waals surface area contributed by atoms with Crippen LogP contribution in [-0.4, -0.2) is 13.7 Å². The third-order valence-corrected chi connectivity index (χ3v) is 3.12. The zero-order valence-electron chi connectivity index (χ0n) is 10.8. The number of hydrogen-bond donors (Lipinski definition) is 1. The van der Waals surface area contributed by atoms with Gasteiger partial charge in [0.05, 0.1) is 6.04 Å². The van der Waals surface area contributed by atoms with E-state index in [1.165, 1.54) is 6.07 Å². The largest absolute Gasteiger partial charge is 0.435 e. The maximum Gasteiger partial charge on any atom is 0.387 e. The first-order chi connectivity index (χ1) is 9.60. The fourth-order valence-electron chi connectivity index (χ4n) is 2.08. The highest BCUT2D eigenvalue weighted by Gasteiger charge is 2.14. The summed E-state index contributed by atoms with van der Waals surface area (Å²) in [6.07, 6.45) is 0. The van der Waals surface area contributed by atoms with Crippen molar-refractivity contribution in [3.63, 3.8) is 0 Å². The van der Waals surface area contributed by atoms with Crippen LogP contribution in [0.3, 0.4) is 0 Å². The van der Waals surface area contributed by atoms with E-state index in [1.54, 1.807) is 25.2 Å². The van der Waals surface area contributed by atoms with Gasteiger partial charge in [0.25, 0.3) is 0 Å². The minimum Gasteiger partial charge on any atom is -0.435 e. The molecule has 2 aromatic carbocycles. The smallest absolute Gasteiger partial charge is 0.387 e. The van der Waals surface area contributed by atoms with Gasteiger partial charge in [0.1, 0.15) is 5.75 Å². The maximum atomic E-state index is 12.3. The zero-order valence-corrected chi connectivity index (χ0v) is 11.6. The summed E-state index contributed by atoms with van der Waals surface area (Å²) in [6.45, 7) is -2.83.